The van der Waals surface area contributed by atoms with Gasteiger partial charge in [-0.25, -0.2) is 0 Å². The maximum atomic E-state index is 6.18. The number of hydrogen-bond acceptors (Lipinski definition) is 3. The smallest absolute Gasteiger partial charge is 0.0819 e. The molecule has 16 heavy (non-hydrogen) atoms. The van der Waals surface area contributed by atoms with Crippen LogP contribution in [0.25, 0.3) is 0 Å². The van der Waals surface area contributed by atoms with Gasteiger partial charge in [0, 0.05) is 22.0 Å². The third kappa shape index (κ3) is 3.48. The molecule has 1 fully saturated rings. The molecule has 4 heteroatoms. The van der Waals surface area contributed by atoms with Crippen LogP contribution in [0.15, 0.2) is 28.7 Å². The first-order valence-electron chi connectivity index (χ1n) is 5.45. The van der Waals surface area contributed by atoms with Gasteiger partial charge in [-0.2, -0.15) is 11.8 Å². The third-order valence-corrected chi connectivity index (χ3v) is 4.19. The van der Waals surface area contributed by atoms with Gasteiger partial charge in [-0.05, 0) is 24.1 Å². The molecule has 0 bridgehead atoms. The molecule has 1 aliphatic rings. The van der Waals surface area contributed by atoms with E-state index in [4.69, 9.17) is 10.5 Å². The van der Waals surface area contributed by atoms with Gasteiger partial charge in [-0.15, -0.1) is 0 Å². The van der Waals surface area contributed by atoms with Crippen molar-refractivity contribution in [2.75, 3.05) is 18.1 Å². The molecule has 1 aliphatic heterocycles. The zero-order chi connectivity index (χ0) is 11.4. The molecular formula is C12H16BrNOS. The van der Waals surface area contributed by atoms with Gasteiger partial charge in [-0.3, -0.25) is 0 Å². The highest BCUT2D eigenvalue weighted by Gasteiger charge is 2.21. The van der Waals surface area contributed by atoms with Gasteiger partial charge in [0.15, 0.2) is 0 Å². The number of ether oxygens (including phenoxy) is 1. The summed E-state index contributed by atoms with van der Waals surface area (Å²) in [5.41, 5.74) is 7.44. The van der Waals surface area contributed by atoms with E-state index in [1.807, 2.05) is 23.9 Å². The summed E-state index contributed by atoms with van der Waals surface area (Å²) < 4.78 is 6.79. The minimum absolute atomic E-state index is 0.0992. The van der Waals surface area contributed by atoms with Crippen molar-refractivity contribution >= 4 is 27.7 Å². The number of nitrogens with two attached hydrogens (primary N) is 1. The molecule has 2 N–H and O–H groups in total. The number of thioether (sulfide) groups is 1. The Morgan fingerprint density at radius 1 is 1.56 bits per heavy atom. The highest BCUT2D eigenvalue weighted by molar-refractivity contribution is 9.10. The minimum Gasteiger partial charge on any atom is -0.375 e. The summed E-state index contributed by atoms with van der Waals surface area (Å²) in [5.74, 6) is 2.12. The fourth-order valence-electron chi connectivity index (χ4n) is 1.82. The standard InChI is InChI=1S/C12H16BrNOS/c13-10-3-1-2-9(6-10)7-11(14)12-8-16-5-4-15-12/h1-3,6,11-12H,4-5,7-8,14H2. The normalized spacial score (nSPS) is 23.0. The topological polar surface area (TPSA) is 35.2 Å². The van der Waals surface area contributed by atoms with E-state index in [9.17, 15) is 0 Å². The molecule has 0 saturated carbocycles. The lowest BCUT2D eigenvalue weighted by molar-refractivity contribution is 0.0572. The maximum absolute atomic E-state index is 6.18. The van der Waals surface area contributed by atoms with E-state index < -0.39 is 0 Å². The van der Waals surface area contributed by atoms with Gasteiger partial charge in [0.1, 0.15) is 0 Å². The molecule has 2 rings (SSSR count). The highest BCUT2D eigenvalue weighted by Crippen LogP contribution is 2.18. The van der Waals surface area contributed by atoms with E-state index in [2.05, 4.69) is 28.1 Å². The first-order chi connectivity index (χ1) is 7.75. The molecule has 0 radical (unpaired) electrons. The number of benzene rings is 1. The quantitative estimate of drug-likeness (QED) is 0.931. The van der Waals surface area contributed by atoms with Crippen LogP contribution in [-0.2, 0) is 11.2 Å². The van der Waals surface area contributed by atoms with E-state index in [-0.39, 0.29) is 12.1 Å². The average Bonchev–Trinajstić information content (AvgIpc) is 2.30. The largest absolute Gasteiger partial charge is 0.375 e. The van der Waals surface area contributed by atoms with E-state index >= 15 is 0 Å². The Morgan fingerprint density at radius 2 is 2.44 bits per heavy atom. The van der Waals surface area contributed by atoms with E-state index in [1.54, 1.807) is 0 Å². The van der Waals surface area contributed by atoms with Crippen LogP contribution in [0.3, 0.4) is 0 Å². The summed E-state index contributed by atoms with van der Waals surface area (Å²) in [4.78, 5) is 0. The fraction of sp³-hybridized carbons (Fsp3) is 0.500. The van der Waals surface area contributed by atoms with Crippen LogP contribution < -0.4 is 5.73 Å². The fourth-order valence-corrected chi connectivity index (χ4v) is 3.22. The lowest BCUT2D eigenvalue weighted by Gasteiger charge is -2.27. The van der Waals surface area contributed by atoms with Crippen molar-refractivity contribution in [1.82, 2.24) is 0 Å². The number of hydrogen-bond donors (Lipinski definition) is 1. The first kappa shape index (κ1) is 12.4. The Morgan fingerprint density at radius 3 is 3.12 bits per heavy atom. The summed E-state index contributed by atoms with van der Waals surface area (Å²) in [5, 5.41) is 0. The van der Waals surface area contributed by atoms with Crippen molar-refractivity contribution in [3.63, 3.8) is 0 Å². The second kappa shape index (κ2) is 6.05. The zero-order valence-corrected chi connectivity index (χ0v) is 11.5. The van der Waals surface area contributed by atoms with Gasteiger partial charge in [-0.1, -0.05) is 28.1 Å². The second-order valence-electron chi connectivity index (χ2n) is 3.98. The number of halogens is 1. The molecule has 1 aromatic carbocycles. The summed E-state index contributed by atoms with van der Waals surface area (Å²) in [6.45, 7) is 0.835. The molecule has 88 valence electrons. The Hall–Kier alpha value is -0.0300. The maximum Gasteiger partial charge on any atom is 0.0819 e. The minimum atomic E-state index is 0.0992. The number of rotatable bonds is 3. The first-order valence-corrected chi connectivity index (χ1v) is 7.40. The van der Waals surface area contributed by atoms with Crippen LogP contribution in [0.4, 0.5) is 0 Å². The van der Waals surface area contributed by atoms with Crippen molar-refractivity contribution < 1.29 is 4.74 Å². The molecule has 2 unspecified atom stereocenters. The molecule has 2 nitrogen and oxygen atoms in total. The monoisotopic (exact) mass is 301 g/mol. The molecule has 0 amide bonds. The van der Waals surface area contributed by atoms with Crippen LogP contribution in [0.2, 0.25) is 0 Å². The summed E-state index contributed by atoms with van der Waals surface area (Å²) >= 11 is 5.40. The lowest BCUT2D eigenvalue weighted by Crippen LogP contribution is -2.42. The van der Waals surface area contributed by atoms with Crippen molar-refractivity contribution in [3.8, 4) is 0 Å². The molecule has 1 heterocycles. The second-order valence-corrected chi connectivity index (χ2v) is 6.05. The lowest BCUT2D eigenvalue weighted by atomic mass is 10.0. The predicted molar refractivity (Wildman–Crippen MR) is 72.9 cm³/mol. The molecule has 0 aromatic heterocycles. The Bertz CT molecular complexity index is 342. The van der Waals surface area contributed by atoms with E-state index in [0.29, 0.717) is 0 Å². The van der Waals surface area contributed by atoms with Crippen LogP contribution in [0, 0.1) is 0 Å². The van der Waals surface area contributed by atoms with Crippen molar-refractivity contribution in [1.29, 1.82) is 0 Å². The summed E-state index contributed by atoms with van der Waals surface area (Å²) in [6, 6.07) is 8.41. The molecular weight excluding hydrogens is 286 g/mol. The predicted octanol–water partition coefficient (Wildman–Crippen LogP) is 2.45. The highest BCUT2D eigenvalue weighted by atomic mass is 79.9. The zero-order valence-electron chi connectivity index (χ0n) is 9.06. The molecule has 2 atom stereocenters. The van der Waals surface area contributed by atoms with Gasteiger partial charge in [0.05, 0.1) is 12.7 Å². The van der Waals surface area contributed by atoms with Crippen molar-refractivity contribution in [2.24, 2.45) is 5.73 Å². The van der Waals surface area contributed by atoms with Crippen molar-refractivity contribution in [2.45, 2.75) is 18.6 Å². The van der Waals surface area contributed by atoms with E-state index in [0.717, 1.165) is 29.0 Å². The molecule has 0 aliphatic carbocycles. The van der Waals surface area contributed by atoms with Crippen molar-refractivity contribution in [3.05, 3.63) is 34.3 Å². The van der Waals surface area contributed by atoms with Crippen LogP contribution in [-0.4, -0.2) is 30.3 Å². The molecule has 1 aromatic rings. The van der Waals surface area contributed by atoms with Gasteiger partial charge in [0.25, 0.3) is 0 Å². The SMILES string of the molecule is NC(Cc1cccc(Br)c1)C1CSCCO1. The Kier molecular flexibility index (Phi) is 4.70. The average molecular weight is 302 g/mol. The van der Waals surface area contributed by atoms with Crippen LogP contribution in [0.1, 0.15) is 5.56 Å². The Labute approximate surface area is 109 Å². The summed E-state index contributed by atoms with van der Waals surface area (Å²) in [7, 11) is 0. The van der Waals surface area contributed by atoms with Gasteiger partial charge in [0.2, 0.25) is 0 Å². The van der Waals surface area contributed by atoms with Gasteiger partial charge < -0.3 is 10.5 Å². The molecule has 1 saturated heterocycles. The van der Waals surface area contributed by atoms with E-state index in [1.165, 1.54) is 5.56 Å². The van der Waals surface area contributed by atoms with Crippen LogP contribution >= 0.6 is 27.7 Å². The summed E-state index contributed by atoms with van der Waals surface area (Å²) in [6.07, 6.45) is 1.09. The molecule has 0 spiro atoms. The van der Waals surface area contributed by atoms with Gasteiger partial charge >= 0.3 is 0 Å². The Balaban J connectivity index is 1.93. The third-order valence-electron chi connectivity index (χ3n) is 2.68. The van der Waals surface area contributed by atoms with Crippen LogP contribution in [0.5, 0.6) is 0 Å².